The van der Waals surface area contributed by atoms with E-state index in [0.717, 1.165) is 12.8 Å². The summed E-state index contributed by atoms with van der Waals surface area (Å²) in [5.74, 6) is -0.255. The number of anilines is 1. The molecule has 0 unspecified atom stereocenters. The van der Waals surface area contributed by atoms with E-state index >= 15 is 0 Å². The minimum absolute atomic E-state index is 0.0885. The van der Waals surface area contributed by atoms with E-state index in [1.807, 2.05) is 18.2 Å². The van der Waals surface area contributed by atoms with Gasteiger partial charge in [-0.15, -0.1) is 0 Å². The summed E-state index contributed by atoms with van der Waals surface area (Å²) >= 11 is 0. The van der Waals surface area contributed by atoms with E-state index in [1.54, 1.807) is 36.4 Å². The summed E-state index contributed by atoms with van der Waals surface area (Å²) in [5.41, 5.74) is 1.86. The molecule has 2 amide bonds. The standard InChI is InChI=1S/C18H20N2O2/c1-2-3-13-19-17(21)15-9-11-16(12-10-15)20-18(22)14-7-5-4-6-8-14/h4-12H,2-3,13H2,1H3,(H,19,21)(H,20,22). The molecule has 114 valence electrons. The number of carbonyl (C=O) groups excluding carboxylic acids is 2. The number of unbranched alkanes of at least 4 members (excludes halogenated alkanes) is 1. The summed E-state index contributed by atoms with van der Waals surface area (Å²) in [4.78, 5) is 23.9. The second-order valence-electron chi connectivity index (χ2n) is 5.01. The van der Waals surface area contributed by atoms with Crippen LogP contribution in [0.5, 0.6) is 0 Å². The molecular weight excluding hydrogens is 276 g/mol. The molecule has 0 aliphatic rings. The largest absolute Gasteiger partial charge is 0.352 e. The van der Waals surface area contributed by atoms with Crippen LogP contribution in [-0.4, -0.2) is 18.4 Å². The van der Waals surface area contributed by atoms with Crippen LogP contribution in [-0.2, 0) is 0 Å². The number of rotatable bonds is 6. The lowest BCUT2D eigenvalue weighted by molar-refractivity contribution is 0.0952. The first-order valence-electron chi connectivity index (χ1n) is 7.45. The van der Waals surface area contributed by atoms with E-state index in [0.29, 0.717) is 23.4 Å². The third-order valence-electron chi connectivity index (χ3n) is 3.26. The number of carbonyl (C=O) groups is 2. The first kappa shape index (κ1) is 15.8. The fraction of sp³-hybridized carbons (Fsp3) is 0.222. The molecule has 0 aliphatic heterocycles. The number of nitrogens with one attached hydrogen (secondary N) is 2. The van der Waals surface area contributed by atoms with E-state index < -0.39 is 0 Å². The minimum atomic E-state index is -0.166. The first-order valence-corrected chi connectivity index (χ1v) is 7.45. The van der Waals surface area contributed by atoms with Crippen LogP contribution in [0.25, 0.3) is 0 Å². The smallest absolute Gasteiger partial charge is 0.255 e. The second-order valence-corrected chi connectivity index (χ2v) is 5.01. The Kier molecular flexibility index (Phi) is 5.72. The summed E-state index contributed by atoms with van der Waals surface area (Å²) in [7, 11) is 0. The highest BCUT2D eigenvalue weighted by Crippen LogP contribution is 2.11. The Labute approximate surface area is 130 Å². The maximum Gasteiger partial charge on any atom is 0.255 e. The average molecular weight is 296 g/mol. The van der Waals surface area contributed by atoms with Crippen molar-refractivity contribution in [2.75, 3.05) is 11.9 Å². The van der Waals surface area contributed by atoms with Crippen LogP contribution in [0.4, 0.5) is 5.69 Å². The maximum atomic E-state index is 12.0. The first-order chi connectivity index (χ1) is 10.7. The summed E-state index contributed by atoms with van der Waals surface area (Å²) in [6, 6.07) is 15.9. The molecule has 0 spiro atoms. The Balaban J connectivity index is 1.94. The summed E-state index contributed by atoms with van der Waals surface area (Å²) in [6.07, 6.45) is 2.02. The number of amides is 2. The van der Waals surface area contributed by atoms with Gasteiger partial charge in [0, 0.05) is 23.4 Å². The van der Waals surface area contributed by atoms with Gasteiger partial charge in [0.1, 0.15) is 0 Å². The topological polar surface area (TPSA) is 58.2 Å². The van der Waals surface area contributed by atoms with Crippen molar-refractivity contribution in [2.24, 2.45) is 0 Å². The average Bonchev–Trinajstić information content (AvgIpc) is 2.56. The Bertz CT molecular complexity index is 621. The Morgan fingerprint density at radius 1 is 0.864 bits per heavy atom. The summed E-state index contributed by atoms with van der Waals surface area (Å²) in [5, 5.41) is 5.67. The molecule has 0 aliphatic carbocycles. The van der Waals surface area contributed by atoms with Crippen molar-refractivity contribution >= 4 is 17.5 Å². The van der Waals surface area contributed by atoms with Crippen LogP contribution in [0.1, 0.15) is 40.5 Å². The van der Waals surface area contributed by atoms with Gasteiger partial charge >= 0.3 is 0 Å². The van der Waals surface area contributed by atoms with Crippen LogP contribution in [0.3, 0.4) is 0 Å². The zero-order valence-corrected chi connectivity index (χ0v) is 12.6. The Morgan fingerprint density at radius 3 is 2.14 bits per heavy atom. The molecule has 2 N–H and O–H groups in total. The molecule has 0 fully saturated rings. The van der Waals surface area contributed by atoms with Crippen molar-refractivity contribution in [1.29, 1.82) is 0 Å². The molecule has 22 heavy (non-hydrogen) atoms. The Morgan fingerprint density at radius 2 is 1.50 bits per heavy atom. The van der Waals surface area contributed by atoms with E-state index in [9.17, 15) is 9.59 Å². The van der Waals surface area contributed by atoms with Gasteiger partial charge in [0.25, 0.3) is 11.8 Å². The number of hydrogen-bond acceptors (Lipinski definition) is 2. The van der Waals surface area contributed by atoms with Gasteiger partial charge in [-0.05, 0) is 42.8 Å². The molecule has 0 atom stereocenters. The molecule has 0 saturated carbocycles. The van der Waals surface area contributed by atoms with Crippen molar-refractivity contribution in [3.05, 3.63) is 65.7 Å². The lowest BCUT2D eigenvalue weighted by Crippen LogP contribution is -2.24. The van der Waals surface area contributed by atoms with Crippen molar-refractivity contribution < 1.29 is 9.59 Å². The third-order valence-corrected chi connectivity index (χ3v) is 3.26. The zero-order valence-electron chi connectivity index (χ0n) is 12.6. The Hall–Kier alpha value is -2.62. The molecule has 4 heteroatoms. The van der Waals surface area contributed by atoms with Crippen LogP contribution < -0.4 is 10.6 Å². The van der Waals surface area contributed by atoms with E-state index in [4.69, 9.17) is 0 Å². The fourth-order valence-electron chi connectivity index (χ4n) is 1.98. The molecule has 0 radical (unpaired) electrons. The third kappa shape index (κ3) is 4.45. The van der Waals surface area contributed by atoms with Crippen molar-refractivity contribution in [2.45, 2.75) is 19.8 Å². The second kappa shape index (κ2) is 7.98. The molecule has 0 heterocycles. The van der Waals surface area contributed by atoms with Crippen molar-refractivity contribution in [1.82, 2.24) is 5.32 Å². The van der Waals surface area contributed by atoms with Crippen molar-refractivity contribution in [3.63, 3.8) is 0 Å². The molecule has 2 rings (SSSR count). The van der Waals surface area contributed by atoms with Crippen molar-refractivity contribution in [3.8, 4) is 0 Å². The van der Waals surface area contributed by atoms with Gasteiger partial charge in [0.2, 0.25) is 0 Å². The van der Waals surface area contributed by atoms with Gasteiger partial charge < -0.3 is 10.6 Å². The van der Waals surface area contributed by atoms with Gasteiger partial charge in [0.15, 0.2) is 0 Å². The van der Waals surface area contributed by atoms with Crippen LogP contribution >= 0.6 is 0 Å². The predicted molar refractivity (Wildman–Crippen MR) is 88.1 cm³/mol. The normalized spacial score (nSPS) is 10.0. The molecule has 2 aromatic rings. The lowest BCUT2D eigenvalue weighted by atomic mass is 10.1. The highest BCUT2D eigenvalue weighted by molar-refractivity contribution is 6.04. The van der Waals surface area contributed by atoms with Crippen LogP contribution in [0, 0.1) is 0 Å². The molecule has 2 aromatic carbocycles. The minimum Gasteiger partial charge on any atom is -0.352 e. The van der Waals surface area contributed by atoms with Crippen LogP contribution in [0.15, 0.2) is 54.6 Å². The molecule has 0 saturated heterocycles. The van der Waals surface area contributed by atoms with Gasteiger partial charge in [-0.3, -0.25) is 9.59 Å². The van der Waals surface area contributed by atoms with E-state index in [1.165, 1.54) is 0 Å². The molecular formula is C18H20N2O2. The predicted octanol–water partition coefficient (Wildman–Crippen LogP) is 3.47. The highest BCUT2D eigenvalue weighted by Gasteiger charge is 2.07. The number of benzene rings is 2. The zero-order chi connectivity index (χ0) is 15.8. The van der Waals surface area contributed by atoms with Crippen LogP contribution in [0.2, 0.25) is 0 Å². The fourth-order valence-corrected chi connectivity index (χ4v) is 1.98. The van der Waals surface area contributed by atoms with E-state index in [2.05, 4.69) is 17.6 Å². The SMILES string of the molecule is CCCCNC(=O)c1ccc(NC(=O)c2ccccc2)cc1. The quantitative estimate of drug-likeness (QED) is 0.802. The maximum absolute atomic E-state index is 12.0. The lowest BCUT2D eigenvalue weighted by Gasteiger charge is -2.07. The molecule has 0 aromatic heterocycles. The van der Waals surface area contributed by atoms with Gasteiger partial charge in [-0.1, -0.05) is 31.5 Å². The molecule has 0 bridgehead atoms. The summed E-state index contributed by atoms with van der Waals surface area (Å²) < 4.78 is 0. The highest BCUT2D eigenvalue weighted by atomic mass is 16.2. The van der Waals surface area contributed by atoms with Gasteiger partial charge in [-0.2, -0.15) is 0 Å². The summed E-state index contributed by atoms with van der Waals surface area (Å²) in [6.45, 7) is 2.76. The number of hydrogen-bond donors (Lipinski definition) is 2. The van der Waals surface area contributed by atoms with Gasteiger partial charge in [0.05, 0.1) is 0 Å². The van der Waals surface area contributed by atoms with Gasteiger partial charge in [-0.25, -0.2) is 0 Å². The van der Waals surface area contributed by atoms with E-state index in [-0.39, 0.29) is 11.8 Å². The monoisotopic (exact) mass is 296 g/mol. The molecule has 4 nitrogen and oxygen atoms in total.